The van der Waals surface area contributed by atoms with Crippen LogP contribution in [-0.2, 0) is 4.79 Å². The van der Waals surface area contributed by atoms with E-state index in [9.17, 15) is 14.9 Å². The molecule has 9 nitrogen and oxygen atoms in total. The van der Waals surface area contributed by atoms with Crippen LogP contribution in [0.2, 0.25) is 0 Å². The molecule has 0 saturated heterocycles. The van der Waals surface area contributed by atoms with Crippen LogP contribution in [0.25, 0.3) is 0 Å². The van der Waals surface area contributed by atoms with E-state index in [1.165, 1.54) is 12.3 Å². The van der Waals surface area contributed by atoms with E-state index in [-0.39, 0.29) is 35.7 Å². The zero-order valence-corrected chi connectivity index (χ0v) is 13.6. The first-order chi connectivity index (χ1) is 12.0. The molecule has 0 aromatic carbocycles. The molecule has 2 N–H and O–H groups in total. The van der Waals surface area contributed by atoms with Gasteiger partial charge in [-0.2, -0.15) is 5.26 Å². The number of rotatable bonds is 8. The molecule has 9 heteroatoms. The summed E-state index contributed by atoms with van der Waals surface area (Å²) in [6.45, 7) is 0.835. The average molecular weight is 345 g/mol. The molecule has 1 aromatic heterocycles. The van der Waals surface area contributed by atoms with E-state index in [1.54, 1.807) is 0 Å². The molecule has 25 heavy (non-hydrogen) atoms. The van der Waals surface area contributed by atoms with Gasteiger partial charge in [-0.25, -0.2) is 4.98 Å². The number of pyridine rings is 1. The fourth-order valence-electron chi connectivity index (χ4n) is 3.11. The monoisotopic (exact) mass is 345 g/mol. The predicted molar refractivity (Wildman–Crippen MR) is 88.0 cm³/mol. The second-order valence-electron chi connectivity index (χ2n) is 6.69. The van der Waals surface area contributed by atoms with Gasteiger partial charge in [-0.3, -0.25) is 19.8 Å². The van der Waals surface area contributed by atoms with E-state index in [2.05, 4.69) is 10.3 Å². The summed E-state index contributed by atoms with van der Waals surface area (Å²) in [4.78, 5) is 27.6. The first kappa shape index (κ1) is 17.1. The molecule has 2 saturated carbocycles. The number of nitrogens with zero attached hydrogens (tertiary/aromatic N) is 4. The third-order valence-electron chi connectivity index (χ3n) is 4.69. The minimum atomic E-state index is -0.832. The molecule has 2 fully saturated rings. The highest BCUT2D eigenvalue weighted by atomic mass is 16.6. The number of anilines is 1. The van der Waals surface area contributed by atoms with Crippen LogP contribution in [0.3, 0.4) is 0 Å². The van der Waals surface area contributed by atoms with Crippen LogP contribution in [0.4, 0.5) is 11.5 Å². The molecule has 132 valence electrons. The van der Waals surface area contributed by atoms with Crippen LogP contribution >= 0.6 is 0 Å². The van der Waals surface area contributed by atoms with Crippen molar-refractivity contribution < 1.29 is 14.8 Å². The zero-order chi connectivity index (χ0) is 18.0. The molecular weight excluding hydrogens is 326 g/mol. The van der Waals surface area contributed by atoms with E-state index >= 15 is 0 Å². The van der Waals surface area contributed by atoms with Crippen LogP contribution in [-0.4, -0.2) is 51.1 Å². The van der Waals surface area contributed by atoms with Gasteiger partial charge in [0.05, 0.1) is 17.0 Å². The Morgan fingerprint density at radius 3 is 2.80 bits per heavy atom. The van der Waals surface area contributed by atoms with Crippen molar-refractivity contribution in [2.24, 2.45) is 5.92 Å². The molecular formula is C16H19N5O4. The zero-order valence-electron chi connectivity index (χ0n) is 13.6. The molecule has 1 heterocycles. The molecule has 0 unspecified atom stereocenters. The van der Waals surface area contributed by atoms with Gasteiger partial charge in [0, 0.05) is 30.9 Å². The van der Waals surface area contributed by atoms with E-state index in [4.69, 9.17) is 10.4 Å². The van der Waals surface area contributed by atoms with E-state index in [0.717, 1.165) is 32.2 Å². The molecule has 0 aliphatic heterocycles. The normalized spacial score (nSPS) is 22.1. The summed E-state index contributed by atoms with van der Waals surface area (Å²) in [5, 5.41) is 32.1. The van der Waals surface area contributed by atoms with Crippen molar-refractivity contribution in [3.05, 3.63) is 27.9 Å². The molecule has 2 aliphatic carbocycles. The third-order valence-corrected chi connectivity index (χ3v) is 4.69. The summed E-state index contributed by atoms with van der Waals surface area (Å²) >= 11 is 0. The van der Waals surface area contributed by atoms with Gasteiger partial charge in [0.1, 0.15) is 6.07 Å². The second kappa shape index (κ2) is 7.03. The van der Waals surface area contributed by atoms with Crippen LogP contribution in [0.5, 0.6) is 0 Å². The molecule has 0 amide bonds. The lowest BCUT2D eigenvalue weighted by Crippen LogP contribution is -2.52. The largest absolute Gasteiger partial charge is 0.480 e. The van der Waals surface area contributed by atoms with Crippen LogP contribution in [0, 0.1) is 27.4 Å². The number of aromatic nitrogens is 1. The highest BCUT2D eigenvalue weighted by molar-refractivity contribution is 5.69. The van der Waals surface area contributed by atoms with Gasteiger partial charge >= 0.3 is 11.7 Å². The van der Waals surface area contributed by atoms with Gasteiger partial charge in [0.25, 0.3) is 0 Å². The lowest BCUT2D eigenvalue weighted by Gasteiger charge is -2.42. The SMILES string of the molecule is N#Cc1cnc(NC2CC(N(CC(=O)O)CC3CC3)C2)c([N+](=O)[O-])c1. The third kappa shape index (κ3) is 4.22. The number of carbonyl (C=O) groups is 1. The Kier molecular flexibility index (Phi) is 4.81. The fraction of sp³-hybridized carbons (Fsp3) is 0.562. The number of hydrogen-bond donors (Lipinski definition) is 2. The first-order valence-electron chi connectivity index (χ1n) is 8.23. The lowest BCUT2D eigenvalue weighted by molar-refractivity contribution is -0.384. The van der Waals surface area contributed by atoms with Crippen molar-refractivity contribution in [2.75, 3.05) is 18.4 Å². The Balaban J connectivity index is 1.60. The van der Waals surface area contributed by atoms with Crippen molar-refractivity contribution in [1.82, 2.24) is 9.88 Å². The number of hydrogen-bond acceptors (Lipinski definition) is 7. The Bertz CT molecular complexity index is 722. The van der Waals surface area contributed by atoms with Crippen LogP contribution in [0.1, 0.15) is 31.2 Å². The van der Waals surface area contributed by atoms with Crippen molar-refractivity contribution in [2.45, 2.75) is 37.8 Å². The number of nitriles is 1. The summed E-state index contributed by atoms with van der Waals surface area (Å²) in [6.07, 6.45) is 5.06. The van der Waals surface area contributed by atoms with Gasteiger partial charge in [0.2, 0.25) is 5.82 Å². The number of carboxylic acids is 1. The summed E-state index contributed by atoms with van der Waals surface area (Å²) < 4.78 is 0. The van der Waals surface area contributed by atoms with Crippen molar-refractivity contribution in [3.8, 4) is 6.07 Å². The van der Waals surface area contributed by atoms with Gasteiger partial charge in [0.15, 0.2) is 0 Å². The minimum absolute atomic E-state index is 0.0135. The standard InChI is InChI=1S/C16H19N5O4/c17-6-11-3-14(21(24)25)16(18-7-11)19-12-4-13(5-12)20(9-15(22)23)8-10-1-2-10/h3,7,10,12-13H,1-2,4-5,8-9H2,(H,18,19)(H,22,23). The molecule has 0 radical (unpaired) electrons. The number of nitrogens with one attached hydrogen (secondary N) is 1. The Morgan fingerprint density at radius 1 is 1.52 bits per heavy atom. The first-order valence-corrected chi connectivity index (χ1v) is 8.23. The lowest BCUT2D eigenvalue weighted by atomic mass is 9.85. The predicted octanol–water partition coefficient (Wildman–Crippen LogP) is 1.60. The van der Waals surface area contributed by atoms with E-state index in [1.807, 2.05) is 11.0 Å². The summed E-state index contributed by atoms with van der Waals surface area (Å²) in [5.41, 5.74) is -0.0799. The second-order valence-corrected chi connectivity index (χ2v) is 6.69. The fourth-order valence-corrected chi connectivity index (χ4v) is 3.11. The van der Waals surface area contributed by atoms with Crippen LogP contribution in [0.15, 0.2) is 12.3 Å². The van der Waals surface area contributed by atoms with E-state index in [0.29, 0.717) is 5.92 Å². The molecule has 3 rings (SSSR count). The molecule has 1 aromatic rings. The van der Waals surface area contributed by atoms with Gasteiger partial charge < -0.3 is 10.4 Å². The van der Waals surface area contributed by atoms with Crippen LogP contribution < -0.4 is 5.32 Å². The highest BCUT2D eigenvalue weighted by Crippen LogP contribution is 2.35. The average Bonchev–Trinajstić information content (AvgIpc) is 3.33. The molecule has 0 bridgehead atoms. The quantitative estimate of drug-likeness (QED) is 0.536. The van der Waals surface area contributed by atoms with Gasteiger partial charge in [-0.15, -0.1) is 0 Å². The summed E-state index contributed by atoms with van der Waals surface area (Å²) in [5.74, 6) is -0.0754. The summed E-state index contributed by atoms with van der Waals surface area (Å²) in [6, 6.07) is 3.23. The Labute approximate surface area is 144 Å². The molecule has 0 spiro atoms. The number of aliphatic carboxylic acids is 1. The van der Waals surface area contributed by atoms with Gasteiger partial charge in [-0.1, -0.05) is 0 Å². The maximum Gasteiger partial charge on any atom is 0.317 e. The smallest absolute Gasteiger partial charge is 0.317 e. The highest BCUT2D eigenvalue weighted by Gasteiger charge is 2.38. The topological polar surface area (TPSA) is 132 Å². The molecule has 2 aliphatic rings. The van der Waals surface area contributed by atoms with E-state index < -0.39 is 10.9 Å². The van der Waals surface area contributed by atoms with Gasteiger partial charge in [-0.05, 0) is 31.6 Å². The number of carboxylic acid groups (broad SMARTS) is 1. The maximum atomic E-state index is 11.1. The Morgan fingerprint density at radius 2 is 2.24 bits per heavy atom. The van der Waals surface area contributed by atoms with Crippen molar-refractivity contribution >= 4 is 17.5 Å². The summed E-state index contributed by atoms with van der Waals surface area (Å²) in [7, 11) is 0. The van der Waals surface area contributed by atoms with Crippen molar-refractivity contribution in [3.63, 3.8) is 0 Å². The van der Waals surface area contributed by atoms with Crippen molar-refractivity contribution in [1.29, 1.82) is 5.26 Å². The minimum Gasteiger partial charge on any atom is -0.480 e. The maximum absolute atomic E-state index is 11.1. The number of nitro groups is 1. The Hall–Kier alpha value is -2.73. The molecule has 0 atom stereocenters.